The van der Waals surface area contributed by atoms with Gasteiger partial charge >= 0.3 is 0 Å². The van der Waals surface area contributed by atoms with E-state index >= 15 is 0 Å². The Balaban J connectivity index is 1.78. The number of carbonyl (C=O) groups is 1. The SMILES string of the molecule is CC(CC(O)c1ccco1)NC(=O)CCc1cccc([N+](=O)[O-])c1. The summed E-state index contributed by atoms with van der Waals surface area (Å²) in [6, 6.07) is 9.40. The largest absolute Gasteiger partial charge is 0.467 e. The quantitative estimate of drug-likeness (QED) is 0.571. The summed E-state index contributed by atoms with van der Waals surface area (Å²) >= 11 is 0. The third kappa shape index (κ3) is 5.20. The molecule has 0 bridgehead atoms. The maximum Gasteiger partial charge on any atom is 0.269 e. The number of aliphatic hydroxyl groups excluding tert-OH is 1. The average Bonchev–Trinajstić information content (AvgIpc) is 3.07. The molecule has 0 aliphatic heterocycles. The molecule has 1 heterocycles. The third-order valence-electron chi connectivity index (χ3n) is 3.62. The molecular formula is C17H20N2O5. The van der Waals surface area contributed by atoms with Crippen molar-refractivity contribution in [1.82, 2.24) is 5.32 Å². The lowest BCUT2D eigenvalue weighted by Crippen LogP contribution is -2.33. The minimum Gasteiger partial charge on any atom is -0.467 e. The number of benzene rings is 1. The summed E-state index contributed by atoms with van der Waals surface area (Å²) in [4.78, 5) is 22.2. The molecule has 0 aliphatic rings. The van der Waals surface area contributed by atoms with Crippen LogP contribution in [0.2, 0.25) is 0 Å². The first kappa shape index (κ1) is 17.7. The zero-order valence-corrected chi connectivity index (χ0v) is 13.3. The molecule has 1 amide bonds. The molecule has 0 saturated carbocycles. The number of non-ortho nitro benzene ring substituents is 1. The summed E-state index contributed by atoms with van der Waals surface area (Å²) in [7, 11) is 0. The number of nitrogens with one attached hydrogen (secondary N) is 1. The first-order valence-corrected chi connectivity index (χ1v) is 7.70. The van der Waals surface area contributed by atoms with E-state index in [9.17, 15) is 20.0 Å². The molecule has 24 heavy (non-hydrogen) atoms. The van der Waals surface area contributed by atoms with E-state index < -0.39 is 11.0 Å². The molecule has 2 unspecified atom stereocenters. The Morgan fingerprint density at radius 3 is 2.83 bits per heavy atom. The molecule has 1 aromatic heterocycles. The molecule has 2 rings (SSSR count). The molecule has 7 nitrogen and oxygen atoms in total. The van der Waals surface area contributed by atoms with E-state index in [2.05, 4.69) is 5.32 Å². The highest BCUT2D eigenvalue weighted by Crippen LogP contribution is 2.18. The molecular weight excluding hydrogens is 312 g/mol. The minimum absolute atomic E-state index is 0.0165. The highest BCUT2D eigenvalue weighted by Gasteiger charge is 2.16. The van der Waals surface area contributed by atoms with Crippen LogP contribution < -0.4 is 5.32 Å². The van der Waals surface area contributed by atoms with Crippen LogP contribution in [0.15, 0.2) is 47.1 Å². The number of furan rings is 1. The zero-order valence-electron chi connectivity index (χ0n) is 13.3. The van der Waals surface area contributed by atoms with Gasteiger partial charge in [-0.1, -0.05) is 12.1 Å². The Kier molecular flexibility index (Phi) is 6.08. The lowest BCUT2D eigenvalue weighted by molar-refractivity contribution is -0.384. The van der Waals surface area contributed by atoms with Crippen molar-refractivity contribution in [2.45, 2.75) is 38.3 Å². The maximum atomic E-state index is 12.0. The van der Waals surface area contributed by atoms with Gasteiger partial charge in [0.15, 0.2) is 0 Å². The van der Waals surface area contributed by atoms with Gasteiger partial charge in [-0.15, -0.1) is 0 Å². The Morgan fingerprint density at radius 1 is 1.38 bits per heavy atom. The second-order valence-corrected chi connectivity index (χ2v) is 5.66. The predicted octanol–water partition coefficient (Wildman–Crippen LogP) is 2.75. The van der Waals surface area contributed by atoms with E-state index in [1.54, 1.807) is 31.2 Å². The monoisotopic (exact) mass is 332 g/mol. The molecule has 2 N–H and O–H groups in total. The second kappa shape index (κ2) is 8.26. The number of aliphatic hydroxyl groups is 1. The van der Waals surface area contributed by atoms with Crippen molar-refractivity contribution in [1.29, 1.82) is 0 Å². The number of nitrogens with zero attached hydrogens (tertiary/aromatic N) is 1. The van der Waals surface area contributed by atoms with Gasteiger partial charge in [0.2, 0.25) is 5.91 Å². The lowest BCUT2D eigenvalue weighted by atomic mass is 10.1. The summed E-state index contributed by atoms with van der Waals surface area (Å²) in [5, 5.41) is 23.5. The summed E-state index contributed by atoms with van der Waals surface area (Å²) in [5.41, 5.74) is 0.755. The van der Waals surface area contributed by atoms with E-state index in [4.69, 9.17) is 4.42 Å². The Hall–Kier alpha value is -2.67. The number of amides is 1. The van der Waals surface area contributed by atoms with Crippen LogP contribution in [-0.4, -0.2) is 22.0 Å². The molecule has 0 saturated heterocycles. The summed E-state index contributed by atoms with van der Waals surface area (Å²) in [6.07, 6.45) is 1.70. The highest BCUT2D eigenvalue weighted by molar-refractivity contribution is 5.76. The van der Waals surface area contributed by atoms with Gasteiger partial charge in [-0.05, 0) is 31.0 Å². The molecule has 0 fully saturated rings. The van der Waals surface area contributed by atoms with Crippen LogP contribution in [0.5, 0.6) is 0 Å². The van der Waals surface area contributed by atoms with Gasteiger partial charge < -0.3 is 14.8 Å². The fourth-order valence-corrected chi connectivity index (χ4v) is 2.42. The van der Waals surface area contributed by atoms with Crippen molar-refractivity contribution in [2.24, 2.45) is 0 Å². The molecule has 1 aromatic carbocycles. The smallest absolute Gasteiger partial charge is 0.269 e. The maximum absolute atomic E-state index is 12.0. The number of rotatable bonds is 8. The fourth-order valence-electron chi connectivity index (χ4n) is 2.42. The van der Waals surface area contributed by atoms with Crippen LogP contribution in [0.4, 0.5) is 5.69 Å². The van der Waals surface area contributed by atoms with E-state index in [1.807, 2.05) is 0 Å². The topological polar surface area (TPSA) is 106 Å². The standard InChI is InChI=1S/C17H20N2O5/c1-12(10-15(20)16-6-3-9-24-16)18-17(21)8-7-13-4-2-5-14(11-13)19(22)23/h2-6,9,11-12,15,20H,7-8,10H2,1H3,(H,18,21). The van der Waals surface area contributed by atoms with Gasteiger partial charge in [0.1, 0.15) is 11.9 Å². The average molecular weight is 332 g/mol. The van der Waals surface area contributed by atoms with E-state index in [0.29, 0.717) is 18.6 Å². The summed E-state index contributed by atoms with van der Waals surface area (Å²) < 4.78 is 5.12. The summed E-state index contributed by atoms with van der Waals surface area (Å²) in [5.74, 6) is 0.299. The molecule has 2 aromatic rings. The number of carbonyl (C=O) groups excluding carboxylic acids is 1. The van der Waals surface area contributed by atoms with Gasteiger partial charge in [-0.3, -0.25) is 14.9 Å². The molecule has 0 radical (unpaired) electrons. The fraction of sp³-hybridized carbons (Fsp3) is 0.353. The summed E-state index contributed by atoms with van der Waals surface area (Å²) in [6.45, 7) is 1.80. The van der Waals surface area contributed by atoms with E-state index in [-0.39, 0.29) is 24.1 Å². The van der Waals surface area contributed by atoms with Crippen molar-refractivity contribution >= 4 is 11.6 Å². The second-order valence-electron chi connectivity index (χ2n) is 5.66. The molecule has 2 atom stereocenters. The van der Waals surface area contributed by atoms with Crippen molar-refractivity contribution < 1.29 is 19.2 Å². The van der Waals surface area contributed by atoms with Crippen LogP contribution >= 0.6 is 0 Å². The van der Waals surface area contributed by atoms with Gasteiger partial charge in [0.05, 0.1) is 11.2 Å². The van der Waals surface area contributed by atoms with Crippen LogP contribution in [0.1, 0.15) is 37.2 Å². The Bertz CT molecular complexity index is 684. The van der Waals surface area contributed by atoms with E-state index in [0.717, 1.165) is 5.56 Å². The van der Waals surface area contributed by atoms with E-state index in [1.165, 1.54) is 18.4 Å². The van der Waals surface area contributed by atoms with Crippen molar-refractivity contribution in [3.63, 3.8) is 0 Å². The normalized spacial score (nSPS) is 13.2. The van der Waals surface area contributed by atoms with Gasteiger partial charge in [0, 0.05) is 31.0 Å². The number of hydrogen-bond acceptors (Lipinski definition) is 5. The first-order valence-electron chi connectivity index (χ1n) is 7.70. The van der Waals surface area contributed by atoms with Crippen molar-refractivity contribution in [3.05, 3.63) is 64.1 Å². The van der Waals surface area contributed by atoms with Crippen LogP contribution in [0.25, 0.3) is 0 Å². The predicted molar refractivity (Wildman–Crippen MR) is 87.3 cm³/mol. The first-order chi connectivity index (χ1) is 11.5. The van der Waals surface area contributed by atoms with Gasteiger partial charge in [-0.25, -0.2) is 0 Å². The van der Waals surface area contributed by atoms with Crippen LogP contribution in [0, 0.1) is 10.1 Å². The van der Waals surface area contributed by atoms with Gasteiger partial charge in [0.25, 0.3) is 5.69 Å². The van der Waals surface area contributed by atoms with Crippen LogP contribution in [-0.2, 0) is 11.2 Å². The molecule has 0 spiro atoms. The zero-order chi connectivity index (χ0) is 17.5. The van der Waals surface area contributed by atoms with Crippen molar-refractivity contribution in [2.75, 3.05) is 0 Å². The highest BCUT2D eigenvalue weighted by atomic mass is 16.6. The Labute approximate surface area is 139 Å². The molecule has 128 valence electrons. The number of nitro benzene ring substituents is 1. The third-order valence-corrected chi connectivity index (χ3v) is 3.62. The van der Waals surface area contributed by atoms with Gasteiger partial charge in [-0.2, -0.15) is 0 Å². The number of nitro groups is 1. The lowest BCUT2D eigenvalue weighted by Gasteiger charge is -2.16. The minimum atomic E-state index is -0.771. The van der Waals surface area contributed by atoms with Crippen molar-refractivity contribution in [3.8, 4) is 0 Å². The number of aryl methyl sites for hydroxylation is 1. The molecule has 7 heteroatoms. The molecule has 0 aliphatic carbocycles. The van der Waals surface area contributed by atoms with Crippen LogP contribution in [0.3, 0.4) is 0 Å². The number of hydrogen-bond donors (Lipinski definition) is 2. The Morgan fingerprint density at radius 2 is 2.17 bits per heavy atom.